The zero-order valence-corrected chi connectivity index (χ0v) is 14.3. The fraction of sp³-hybridized carbons (Fsp3) is 0.250. The predicted octanol–water partition coefficient (Wildman–Crippen LogP) is 5.24. The third-order valence-electron chi connectivity index (χ3n) is 3.12. The Morgan fingerprint density at radius 2 is 1.85 bits per heavy atom. The molecule has 2 aromatic rings. The van der Waals surface area contributed by atoms with Crippen LogP contribution < -0.4 is 5.32 Å². The van der Waals surface area contributed by atoms with Gasteiger partial charge in [0.1, 0.15) is 5.82 Å². The number of halogens is 3. The number of hydrogen-bond donors (Lipinski definition) is 1. The lowest BCUT2D eigenvalue weighted by atomic mass is 9.98. The predicted molar refractivity (Wildman–Crippen MR) is 88.4 cm³/mol. The first-order chi connectivity index (χ1) is 9.60. The highest BCUT2D eigenvalue weighted by molar-refractivity contribution is 9.10. The fourth-order valence-electron chi connectivity index (χ4n) is 2.22. The van der Waals surface area contributed by atoms with Gasteiger partial charge in [0.05, 0.1) is 0 Å². The molecular formula is C16H16Br2FN. The van der Waals surface area contributed by atoms with E-state index in [0.29, 0.717) is 5.56 Å². The molecule has 0 bridgehead atoms. The molecule has 0 radical (unpaired) electrons. The Morgan fingerprint density at radius 1 is 1.10 bits per heavy atom. The minimum absolute atomic E-state index is 0.0256. The van der Waals surface area contributed by atoms with Crippen LogP contribution in [0, 0.1) is 5.82 Å². The number of hydrogen-bond acceptors (Lipinski definition) is 1. The Morgan fingerprint density at radius 3 is 2.50 bits per heavy atom. The van der Waals surface area contributed by atoms with E-state index in [1.807, 2.05) is 31.2 Å². The van der Waals surface area contributed by atoms with Gasteiger partial charge in [-0.05, 0) is 42.8 Å². The maximum Gasteiger partial charge on any atom is 0.129 e. The van der Waals surface area contributed by atoms with Crippen molar-refractivity contribution in [1.29, 1.82) is 0 Å². The van der Waals surface area contributed by atoms with Gasteiger partial charge in [0.15, 0.2) is 0 Å². The van der Waals surface area contributed by atoms with Gasteiger partial charge in [-0.15, -0.1) is 0 Å². The molecular weight excluding hydrogens is 385 g/mol. The summed E-state index contributed by atoms with van der Waals surface area (Å²) in [5, 5.41) is 3.36. The molecule has 0 amide bonds. The highest BCUT2D eigenvalue weighted by atomic mass is 79.9. The van der Waals surface area contributed by atoms with Crippen LogP contribution in [0.25, 0.3) is 0 Å². The lowest BCUT2D eigenvalue weighted by Gasteiger charge is -2.19. The molecule has 0 aromatic heterocycles. The van der Waals surface area contributed by atoms with E-state index in [9.17, 15) is 4.39 Å². The van der Waals surface area contributed by atoms with Crippen LogP contribution in [-0.2, 0) is 6.42 Å². The standard InChI is InChI=1S/C16H16Br2FN/c1-2-20-16(9-11-4-3-5-12(17)8-11)14-7-6-13(18)10-15(14)19/h3-8,10,16,20H,2,9H2,1H3. The van der Waals surface area contributed by atoms with Gasteiger partial charge in [-0.25, -0.2) is 4.39 Å². The molecule has 20 heavy (non-hydrogen) atoms. The second-order valence-corrected chi connectivity index (χ2v) is 6.44. The summed E-state index contributed by atoms with van der Waals surface area (Å²) in [6, 6.07) is 13.3. The van der Waals surface area contributed by atoms with Crippen molar-refractivity contribution in [2.24, 2.45) is 0 Å². The molecule has 4 heteroatoms. The molecule has 0 spiro atoms. The second kappa shape index (κ2) is 7.34. The molecule has 1 atom stereocenters. The molecule has 0 aliphatic rings. The van der Waals surface area contributed by atoms with Gasteiger partial charge in [-0.1, -0.05) is 57.0 Å². The van der Waals surface area contributed by atoms with Gasteiger partial charge in [0.2, 0.25) is 0 Å². The van der Waals surface area contributed by atoms with E-state index in [2.05, 4.69) is 49.3 Å². The van der Waals surface area contributed by atoms with Crippen LogP contribution >= 0.6 is 31.9 Å². The number of benzene rings is 2. The van der Waals surface area contributed by atoms with Crippen molar-refractivity contribution in [2.45, 2.75) is 19.4 Å². The average molecular weight is 401 g/mol. The van der Waals surface area contributed by atoms with E-state index in [4.69, 9.17) is 0 Å². The maximum atomic E-state index is 14.1. The van der Waals surface area contributed by atoms with Crippen LogP contribution in [0.3, 0.4) is 0 Å². The van der Waals surface area contributed by atoms with E-state index in [1.54, 1.807) is 0 Å². The van der Waals surface area contributed by atoms with E-state index in [1.165, 1.54) is 11.6 Å². The third kappa shape index (κ3) is 4.14. The van der Waals surface area contributed by atoms with E-state index >= 15 is 0 Å². The van der Waals surface area contributed by atoms with Crippen molar-refractivity contribution in [3.63, 3.8) is 0 Å². The van der Waals surface area contributed by atoms with E-state index in [-0.39, 0.29) is 11.9 Å². The molecule has 0 aliphatic carbocycles. The van der Waals surface area contributed by atoms with Crippen LogP contribution in [0.1, 0.15) is 24.1 Å². The monoisotopic (exact) mass is 399 g/mol. The molecule has 0 aliphatic heterocycles. The molecule has 106 valence electrons. The Hall–Kier alpha value is -0.710. The number of rotatable bonds is 5. The van der Waals surface area contributed by atoms with Crippen LogP contribution in [0.4, 0.5) is 4.39 Å². The van der Waals surface area contributed by atoms with Crippen LogP contribution in [-0.4, -0.2) is 6.54 Å². The first-order valence-corrected chi connectivity index (χ1v) is 8.11. The van der Waals surface area contributed by atoms with Gasteiger partial charge in [0.25, 0.3) is 0 Å². The molecule has 1 nitrogen and oxygen atoms in total. The number of likely N-dealkylation sites (N-methyl/N-ethyl adjacent to an activating group) is 1. The quantitative estimate of drug-likeness (QED) is 0.723. The molecule has 0 fully saturated rings. The Bertz CT molecular complexity index is 586. The van der Waals surface area contributed by atoms with Crippen molar-refractivity contribution < 1.29 is 4.39 Å². The molecule has 0 saturated heterocycles. The topological polar surface area (TPSA) is 12.0 Å². The first kappa shape index (κ1) is 15.7. The highest BCUT2D eigenvalue weighted by Gasteiger charge is 2.15. The third-order valence-corrected chi connectivity index (χ3v) is 4.10. The zero-order valence-electron chi connectivity index (χ0n) is 11.2. The normalized spacial score (nSPS) is 12.4. The highest BCUT2D eigenvalue weighted by Crippen LogP contribution is 2.25. The summed E-state index contributed by atoms with van der Waals surface area (Å²) in [6.45, 7) is 2.83. The van der Waals surface area contributed by atoms with Crippen molar-refractivity contribution in [3.8, 4) is 0 Å². The van der Waals surface area contributed by atoms with Gasteiger partial charge in [0, 0.05) is 20.6 Å². The van der Waals surface area contributed by atoms with E-state index < -0.39 is 0 Å². The summed E-state index contributed by atoms with van der Waals surface area (Å²) in [5.41, 5.74) is 1.88. The van der Waals surface area contributed by atoms with Crippen molar-refractivity contribution in [1.82, 2.24) is 5.32 Å². The first-order valence-electron chi connectivity index (χ1n) is 6.53. The Kier molecular flexibility index (Phi) is 5.75. The van der Waals surface area contributed by atoms with Gasteiger partial charge in [-0.2, -0.15) is 0 Å². The molecule has 1 unspecified atom stereocenters. The van der Waals surface area contributed by atoms with Gasteiger partial charge >= 0.3 is 0 Å². The van der Waals surface area contributed by atoms with Crippen molar-refractivity contribution in [2.75, 3.05) is 6.54 Å². The van der Waals surface area contributed by atoms with Crippen LogP contribution in [0.5, 0.6) is 0 Å². The molecule has 1 N–H and O–H groups in total. The fourth-order valence-corrected chi connectivity index (χ4v) is 3.00. The van der Waals surface area contributed by atoms with Crippen LogP contribution in [0.2, 0.25) is 0 Å². The average Bonchev–Trinajstić information content (AvgIpc) is 2.38. The van der Waals surface area contributed by atoms with Crippen molar-refractivity contribution in [3.05, 3.63) is 68.4 Å². The minimum Gasteiger partial charge on any atom is -0.310 e. The SMILES string of the molecule is CCNC(Cc1cccc(Br)c1)c1ccc(Br)cc1F. The Balaban J connectivity index is 2.26. The summed E-state index contributed by atoms with van der Waals surface area (Å²) in [4.78, 5) is 0. The molecule has 2 aromatic carbocycles. The number of nitrogens with one attached hydrogen (secondary N) is 1. The smallest absolute Gasteiger partial charge is 0.129 e. The van der Waals surface area contributed by atoms with Crippen molar-refractivity contribution >= 4 is 31.9 Å². The zero-order chi connectivity index (χ0) is 14.5. The lowest BCUT2D eigenvalue weighted by molar-refractivity contribution is 0.509. The molecule has 0 saturated carbocycles. The molecule has 0 heterocycles. The van der Waals surface area contributed by atoms with Crippen LogP contribution in [0.15, 0.2) is 51.4 Å². The second-order valence-electron chi connectivity index (χ2n) is 4.61. The van der Waals surface area contributed by atoms with E-state index in [0.717, 1.165) is 21.9 Å². The summed E-state index contributed by atoms with van der Waals surface area (Å²) in [6.07, 6.45) is 0.756. The summed E-state index contributed by atoms with van der Waals surface area (Å²) in [5.74, 6) is -0.180. The molecule has 2 rings (SSSR count). The maximum absolute atomic E-state index is 14.1. The van der Waals surface area contributed by atoms with Gasteiger partial charge in [-0.3, -0.25) is 0 Å². The lowest BCUT2D eigenvalue weighted by Crippen LogP contribution is -2.24. The summed E-state index contributed by atoms with van der Waals surface area (Å²) >= 11 is 6.76. The summed E-state index contributed by atoms with van der Waals surface area (Å²) in [7, 11) is 0. The Labute approximate surface area is 135 Å². The largest absolute Gasteiger partial charge is 0.310 e. The summed E-state index contributed by atoms with van der Waals surface area (Å²) < 4.78 is 15.9. The van der Waals surface area contributed by atoms with Gasteiger partial charge < -0.3 is 5.32 Å². The minimum atomic E-state index is -0.180.